The Balaban J connectivity index is 2.16. The molecule has 1 unspecified atom stereocenters. The molecule has 0 spiro atoms. The topological polar surface area (TPSA) is 70.1 Å². The molecule has 3 rings (SSSR count). The number of ketones is 1. The molecule has 0 bridgehead atoms. The van der Waals surface area contributed by atoms with Crippen LogP contribution in [0, 0.1) is 12.7 Å². The van der Waals surface area contributed by atoms with Gasteiger partial charge in [-0.2, -0.15) is 0 Å². The van der Waals surface area contributed by atoms with Crippen LogP contribution in [0.5, 0.6) is 5.75 Å². The first-order valence-corrected chi connectivity index (χ1v) is 10.7. The number of ether oxygens (including phenoxy) is 1. The van der Waals surface area contributed by atoms with Gasteiger partial charge in [-0.15, -0.1) is 0 Å². The van der Waals surface area contributed by atoms with Gasteiger partial charge in [0.25, 0.3) is 11.7 Å². The lowest BCUT2D eigenvalue weighted by atomic mass is 9.94. The Hall–Kier alpha value is -3.19. The van der Waals surface area contributed by atoms with E-state index in [9.17, 15) is 19.1 Å². The monoisotopic (exact) mass is 440 g/mol. The van der Waals surface area contributed by atoms with Crippen molar-refractivity contribution in [2.45, 2.75) is 26.8 Å². The van der Waals surface area contributed by atoms with E-state index in [0.717, 1.165) is 13.1 Å². The smallest absolute Gasteiger partial charge is 0.295 e. The number of likely N-dealkylation sites (N-methyl/N-ethyl adjacent to an activating group) is 1. The number of para-hydroxylation sites is 1. The molecular weight excluding hydrogens is 411 g/mol. The fourth-order valence-corrected chi connectivity index (χ4v) is 4.06. The second-order valence-electron chi connectivity index (χ2n) is 7.73. The van der Waals surface area contributed by atoms with Gasteiger partial charge in [0.2, 0.25) is 0 Å². The van der Waals surface area contributed by atoms with Crippen LogP contribution in [0.25, 0.3) is 5.76 Å². The Labute approximate surface area is 187 Å². The lowest BCUT2D eigenvalue weighted by Crippen LogP contribution is -2.38. The van der Waals surface area contributed by atoms with Crippen LogP contribution in [0.4, 0.5) is 4.39 Å². The van der Waals surface area contributed by atoms with Gasteiger partial charge >= 0.3 is 0 Å². The lowest BCUT2D eigenvalue weighted by molar-refractivity contribution is -0.140. The maximum absolute atomic E-state index is 13.8. The van der Waals surface area contributed by atoms with Crippen molar-refractivity contribution >= 4 is 17.4 Å². The molecular formula is C25H29FN2O4. The molecule has 1 aliphatic heterocycles. The standard InChI is InChI=1S/C25H29FN2O4/c1-5-27(6-2)13-14-28-22(18-9-7-8-10-20(18)32-4)21(24(30)25(28)31)23(29)17-11-12-19(26)16(3)15-17/h7-12,15,22,29H,5-6,13-14H2,1-4H3/b23-21+. The van der Waals surface area contributed by atoms with Crippen molar-refractivity contribution in [3.63, 3.8) is 0 Å². The first-order chi connectivity index (χ1) is 15.3. The molecule has 1 aliphatic rings. The van der Waals surface area contributed by atoms with Gasteiger partial charge in [-0.3, -0.25) is 9.59 Å². The minimum Gasteiger partial charge on any atom is -0.507 e. The third kappa shape index (κ3) is 4.39. The molecule has 2 aromatic rings. The van der Waals surface area contributed by atoms with Gasteiger partial charge in [-0.25, -0.2) is 4.39 Å². The molecule has 32 heavy (non-hydrogen) atoms. The quantitative estimate of drug-likeness (QED) is 0.383. The number of hydrogen-bond donors (Lipinski definition) is 1. The molecule has 1 N–H and O–H groups in total. The number of carbonyl (C=O) groups excluding carboxylic acids is 2. The molecule has 1 saturated heterocycles. The summed E-state index contributed by atoms with van der Waals surface area (Å²) < 4.78 is 19.3. The van der Waals surface area contributed by atoms with E-state index in [1.165, 1.54) is 30.2 Å². The highest BCUT2D eigenvalue weighted by atomic mass is 19.1. The zero-order chi connectivity index (χ0) is 23.4. The van der Waals surface area contributed by atoms with Crippen molar-refractivity contribution in [2.75, 3.05) is 33.3 Å². The molecule has 1 heterocycles. The SMILES string of the molecule is CCN(CC)CCN1C(=O)C(=O)/C(=C(/O)c2ccc(F)c(C)c2)C1c1ccccc1OC. The fraction of sp³-hybridized carbons (Fsp3) is 0.360. The van der Waals surface area contributed by atoms with Crippen LogP contribution >= 0.6 is 0 Å². The number of aryl methyl sites for hydroxylation is 1. The van der Waals surface area contributed by atoms with Gasteiger partial charge in [0.1, 0.15) is 17.3 Å². The summed E-state index contributed by atoms with van der Waals surface area (Å²) in [4.78, 5) is 29.8. The van der Waals surface area contributed by atoms with Gasteiger partial charge in [-0.1, -0.05) is 32.0 Å². The van der Waals surface area contributed by atoms with E-state index >= 15 is 0 Å². The van der Waals surface area contributed by atoms with Crippen LogP contribution in [0.3, 0.4) is 0 Å². The number of aliphatic hydroxyl groups is 1. The van der Waals surface area contributed by atoms with Crippen LogP contribution in [0.1, 0.15) is 36.6 Å². The Morgan fingerprint density at radius 2 is 1.84 bits per heavy atom. The summed E-state index contributed by atoms with van der Waals surface area (Å²) in [5.74, 6) is -1.67. The number of carbonyl (C=O) groups is 2. The van der Waals surface area contributed by atoms with E-state index in [1.54, 1.807) is 31.2 Å². The Bertz CT molecular complexity index is 1050. The van der Waals surface area contributed by atoms with Crippen LogP contribution in [-0.2, 0) is 9.59 Å². The molecule has 7 heteroatoms. The average molecular weight is 441 g/mol. The molecule has 1 fully saturated rings. The molecule has 0 aliphatic carbocycles. The number of hydrogen-bond acceptors (Lipinski definition) is 5. The number of amides is 1. The normalized spacial score (nSPS) is 17.9. The van der Waals surface area contributed by atoms with Crippen molar-refractivity contribution < 1.29 is 23.8 Å². The van der Waals surface area contributed by atoms with E-state index < -0.39 is 23.5 Å². The lowest BCUT2D eigenvalue weighted by Gasteiger charge is -2.29. The minimum absolute atomic E-state index is 0.0231. The molecule has 0 radical (unpaired) electrons. The number of methoxy groups -OCH3 is 1. The summed E-state index contributed by atoms with van der Waals surface area (Å²) in [5, 5.41) is 11.1. The highest BCUT2D eigenvalue weighted by molar-refractivity contribution is 6.46. The van der Waals surface area contributed by atoms with Crippen LogP contribution in [0.15, 0.2) is 48.0 Å². The van der Waals surface area contributed by atoms with Crippen LogP contribution < -0.4 is 4.74 Å². The average Bonchev–Trinajstić information content (AvgIpc) is 3.05. The number of rotatable bonds is 8. The molecule has 1 atom stereocenters. The number of benzene rings is 2. The molecule has 2 aromatic carbocycles. The number of Topliss-reactive ketones (excluding diaryl/α,β-unsaturated/α-hetero) is 1. The summed E-state index contributed by atoms with van der Waals surface area (Å²) in [5.41, 5.74) is 1.20. The van der Waals surface area contributed by atoms with Gasteiger partial charge in [0.05, 0.1) is 18.7 Å². The van der Waals surface area contributed by atoms with E-state index in [0.29, 0.717) is 30.0 Å². The summed E-state index contributed by atoms with van der Waals surface area (Å²) >= 11 is 0. The second-order valence-corrected chi connectivity index (χ2v) is 7.73. The van der Waals surface area contributed by atoms with Crippen molar-refractivity contribution in [2.24, 2.45) is 0 Å². The third-order valence-electron chi connectivity index (χ3n) is 5.96. The Morgan fingerprint density at radius 1 is 1.16 bits per heavy atom. The van der Waals surface area contributed by atoms with Gasteiger partial charge < -0.3 is 19.6 Å². The first kappa shape index (κ1) is 23.5. The molecule has 0 saturated carbocycles. The van der Waals surface area contributed by atoms with Crippen LogP contribution in [0.2, 0.25) is 0 Å². The number of halogens is 1. The van der Waals surface area contributed by atoms with Crippen molar-refractivity contribution in [1.82, 2.24) is 9.80 Å². The Morgan fingerprint density at radius 3 is 2.47 bits per heavy atom. The first-order valence-electron chi connectivity index (χ1n) is 10.7. The Kier molecular flexibility index (Phi) is 7.30. The summed E-state index contributed by atoms with van der Waals surface area (Å²) in [6, 6.07) is 10.4. The zero-order valence-electron chi connectivity index (χ0n) is 18.9. The predicted octanol–water partition coefficient (Wildman–Crippen LogP) is 3.91. The maximum Gasteiger partial charge on any atom is 0.295 e. The van der Waals surface area contributed by atoms with E-state index in [2.05, 4.69) is 4.90 Å². The number of likely N-dealkylation sites (tertiary alicyclic amines) is 1. The minimum atomic E-state index is -0.813. The summed E-state index contributed by atoms with van der Waals surface area (Å²) in [7, 11) is 1.52. The van der Waals surface area contributed by atoms with Gasteiger partial charge in [0.15, 0.2) is 0 Å². The third-order valence-corrected chi connectivity index (χ3v) is 5.96. The van der Waals surface area contributed by atoms with Gasteiger partial charge in [0, 0.05) is 24.2 Å². The van der Waals surface area contributed by atoms with Crippen molar-refractivity contribution in [3.8, 4) is 5.75 Å². The molecule has 6 nitrogen and oxygen atoms in total. The predicted molar refractivity (Wildman–Crippen MR) is 121 cm³/mol. The van der Waals surface area contributed by atoms with Crippen molar-refractivity contribution in [3.05, 3.63) is 70.5 Å². The highest BCUT2D eigenvalue weighted by Crippen LogP contribution is 2.42. The number of aliphatic hydroxyl groups excluding tert-OH is 1. The molecule has 1 amide bonds. The fourth-order valence-electron chi connectivity index (χ4n) is 4.06. The van der Waals surface area contributed by atoms with E-state index in [4.69, 9.17) is 4.74 Å². The highest BCUT2D eigenvalue weighted by Gasteiger charge is 2.46. The summed E-state index contributed by atoms with van der Waals surface area (Å²) in [6.07, 6.45) is 0. The molecule has 0 aromatic heterocycles. The summed E-state index contributed by atoms with van der Waals surface area (Å²) in [6.45, 7) is 8.17. The molecule has 170 valence electrons. The van der Waals surface area contributed by atoms with E-state index in [-0.39, 0.29) is 16.9 Å². The largest absolute Gasteiger partial charge is 0.507 e. The van der Waals surface area contributed by atoms with Crippen LogP contribution in [-0.4, -0.2) is 59.9 Å². The number of nitrogens with zero attached hydrogens (tertiary/aromatic N) is 2. The maximum atomic E-state index is 13.8. The van der Waals surface area contributed by atoms with E-state index in [1.807, 2.05) is 13.8 Å². The zero-order valence-corrected chi connectivity index (χ0v) is 18.9. The second kappa shape index (κ2) is 9.96. The van der Waals surface area contributed by atoms with Gasteiger partial charge in [-0.05, 0) is 49.8 Å². The van der Waals surface area contributed by atoms with Crippen molar-refractivity contribution in [1.29, 1.82) is 0 Å².